The van der Waals surface area contributed by atoms with Gasteiger partial charge in [0.25, 0.3) is 0 Å². The minimum Gasteiger partial charge on any atom is -0.455 e. The van der Waals surface area contributed by atoms with E-state index in [4.69, 9.17) is 10.5 Å². The van der Waals surface area contributed by atoms with Gasteiger partial charge in [-0.2, -0.15) is 15.0 Å². The second-order valence-electron chi connectivity index (χ2n) is 5.14. The topological polar surface area (TPSA) is 77.2 Å². The molecule has 6 heteroatoms. The Labute approximate surface area is 124 Å². The van der Waals surface area contributed by atoms with Crippen molar-refractivity contribution in [2.45, 2.75) is 25.9 Å². The Morgan fingerprint density at radius 3 is 2.52 bits per heavy atom. The van der Waals surface area contributed by atoms with Gasteiger partial charge < -0.3 is 15.4 Å². The minimum atomic E-state index is -0.139. The molecular formula is C15H19N5O. The zero-order valence-electron chi connectivity index (χ0n) is 12.1. The SMILES string of the molecule is CC(Oc1nc(N)nc(N2CCCC2)n1)c1ccccc1. The zero-order valence-corrected chi connectivity index (χ0v) is 12.1. The van der Waals surface area contributed by atoms with Crippen LogP contribution < -0.4 is 15.4 Å². The number of anilines is 2. The summed E-state index contributed by atoms with van der Waals surface area (Å²) in [5.41, 5.74) is 6.84. The predicted octanol–water partition coefficient (Wildman–Crippen LogP) is 2.19. The molecule has 0 bridgehead atoms. The standard InChI is InChI=1S/C15H19N5O/c1-11(12-7-3-2-4-8-12)21-15-18-13(16)17-14(19-15)20-9-5-6-10-20/h2-4,7-8,11H,5-6,9-10H2,1H3,(H2,16,17,18,19). The van der Waals surface area contributed by atoms with Gasteiger partial charge in [0.2, 0.25) is 11.9 Å². The molecule has 0 radical (unpaired) electrons. The summed E-state index contributed by atoms with van der Waals surface area (Å²) in [6, 6.07) is 10.2. The van der Waals surface area contributed by atoms with Gasteiger partial charge >= 0.3 is 6.01 Å². The molecule has 6 nitrogen and oxygen atoms in total. The molecule has 0 saturated carbocycles. The Balaban J connectivity index is 1.78. The van der Waals surface area contributed by atoms with E-state index in [-0.39, 0.29) is 18.1 Å². The van der Waals surface area contributed by atoms with E-state index in [1.807, 2.05) is 37.3 Å². The fourth-order valence-electron chi connectivity index (χ4n) is 2.42. The first-order valence-corrected chi connectivity index (χ1v) is 7.20. The molecule has 2 aromatic rings. The first-order valence-electron chi connectivity index (χ1n) is 7.20. The maximum Gasteiger partial charge on any atom is 0.323 e. The number of nitrogen functional groups attached to an aromatic ring is 1. The summed E-state index contributed by atoms with van der Waals surface area (Å²) in [7, 11) is 0. The number of nitrogens with two attached hydrogens (primary N) is 1. The number of aromatic nitrogens is 3. The van der Waals surface area contributed by atoms with Crippen LogP contribution in [0.3, 0.4) is 0 Å². The highest BCUT2D eigenvalue weighted by molar-refractivity contribution is 5.36. The third kappa shape index (κ3) is 3.21. The highest BCUT2D eigenvalue weighted by Gasteiger charge is 2.18. The summed E-state index contributed by atoms with van der Waals surface area (Å²) >= 11 is 0. The number of hydrogen-bond donors (Lipinski definition) is 1. The lowest BCUT2D eigenvalue weighted by Crippen LogP contribution is -2.22. The second-order valence-corrected chi connectivity index (χ2v) is 5.14. The molecule has 1 aliphatic heterocycles. The third-order valence-electron chi connectivity index (χ3n) is 3.56. The van der Waals surface area contributed by atoms with Crippen molar-refractivity contribution in [3.05, 3.63) is 35.9 Å². The monoisotopic (exact) mass is 285 g/mol. The normalized spacial score (nSPS) is 16.0. The molecule has 0 spiro atoms. The molecule has 2 heterocycles. The minimum absolute atomic E-state index is 0.139. The van der Waals surface area contributed by atoms with Crippen molar-refractivity contribution in [1.82, 2.24) is 15.0 Å². The van der Waals surface area contributed by atoms with Crippen molar-refractivity contribution in [1.29, 1.82) is 0 Å². The molecule has 1 aromatic carbocycles. The van der Waals surface area contributed by atoms with Gasteiger partial charge in [-0.15, -0.1) is 0 Å². The van der Waals surface area contributed by atoms with Crippen LogP contribution in [0, 0.1) is 0 Å². The molecule has 1 saturated heterocycles. The number of ether oxygens (including phenoxy) is 1. The highest BCUT2D eigenvalue weighted by Crippen LogP contribution is 2.22. The molecule has 110 valence electrons. The van der Waals surface area contributed by atoms with E-state index < -0.39 is 0 Å². The van der Waals surface area contributed by atoms with Crippen molar-refractivity contribution in [3.63, 3.8) is 0 Å². The van der Waals surface area contributed by atoms with Gasteiger partial charge in [-0.25, -0.2) is 0 Å². The summed E-state index contributed by atoms with van der Waals surface area (Å²) in [5, 5.41) is 0. The molecule has 1 fully saturated rings. The van der Waals surface area contributed by atoms with Crippen LogP contribution in [0.5, 0.6) is 6.01 Å². The summed E-state index contributed by atoms with van der Waals surface area (Å²) in [6.45, 7) is 3.87. The summed E-state index contributed by atoms with van der Waals surface area (Å²) in [4.78, 5) is 14.8. The van der Waals surface area contributed by atoms with E-state index in [0.29, 0.717) is 5.95 Å². The van der Waals surface area contributed by atoms with Gasteiger partial charge in [-0.05, 0) is 25.3 Å². The van der Waals surface area contributed by atoms with Crippen LogP contribution in [-0.2, 0) is 0 Å². The van der Waals surface area contributed by atoms with Crippen LogP contribution in [0.15, 0.2) is 30.3 Å². The number of benzene rings is 1. The van der Waals surface area contributed by atoms with Gasteiger partial charge in [-0.1, -0.05) is 30.3 Å². The van der Waals surface area contributed by atoms with Gasteiger partial charge in [0.1, 0.15) is 6.10 Å². The van der Waals surface area contributed by atoms with Gasteiger partial charge in [0.15, 0.2) is 0 Å². The second kappa shape index (κ2) is 5.95. The average molecular weight is 285 g/mol. The van der Waals surface area contributed by atoms with E-state index in [2.05, 4.69) is 19.9 Å². The largest absolute Gasteiger partial charge is 0.455 e. The predicted molar refractivity (Wildman–Crippen MR) is 81.2 cm³/mol. The van der Waals surface area contributed by atoms with Crippen LogP contribution in [0.4, 0.5) is 11.9 Å². The van der Waals surface area contributed by atoms with Crippen molar-refractivity contribution >= 4 is 11.9 Å². The molecule has 1 aliphatic rings. The van der Waals surface area contributed by atoms with Crippen LogP contribution >= 0.6 is 0 Å². The van der Waals surface area contributed by atoms with E-state index in [1.165, 1.54) is 0 Å². The van der Waals surface area contributed by atoms with E-state index in [1.54, 1.807) is 0 Å². The van der Waals surface area contributed by atoms with Gasteiger partial charge in [0.05, 0.1) is 0 Å². The molecule has 0 amide bonds. The van der Waals surface area contributed by atoms with Gasteiger partial charge in [-0.3, -0.25) is 0 Å². The quantitative estimate of drug-likeness (QED) is 0.928. The van der Waals surface area contributed by atoms with Crippen molar-refractivity contribution < 1.29 is 4.74 Å². The van der Waals surface area contributed by atoms with Crippen molar-refractivity contribution in [3.8, 4) is 6.01 Å². The Morgan fingerprint density at radius 1 is 1.10 bits per heavy atom. The first kappa shape index (κ1) is 13.6. The van der Waals surface area contributed by atoms with E-state index in [0.717, 1.165) is 31.5 Å². The highest BCUT2D eigenvalue weighted by atomic mass is 16.5. The molecule has 1 aromatic heterocycles. The smallest absolute Gasteiger partial charge is 0.323 e. The summed E-state index contributed by atoms with van der Waals surface area (Å²) in [6.07, 6.45) is 2.17. The van der Waals surface area contributed by atoms with Crippen LogP contribution in [0.2, 0.25) is 0 Å². The average Bonchev–Trinajstić information content (AvgIpc) is 3.02. The third-order valence-corrected chi connectivity index (χ3v) is 3.56. The van der Waals surface area contributed by atoms with Crippen LogP contribution in [-0.4, -0.2) is 28.0 Å². The Hall–Kier alpha value is -2.37. The van der Waals surface area contributed by atoms with Gasteiger partial charge in [0, 0.05) is 13.1 Å². The summed E-state index contributed by atoms with van der Waals surface area (Å²) < 4.78 is 5.81. The maximum atomic E-state index is 5.81. The molecule has 3 rings (SSSR count). The lowest BCUT2D eigenvalue weighted by molar-refractivity contribution is 0.207. The number of rotatable bonds is 4. The van der Waals surface area contributed by atoms with E-state index >= 15 is 0 Å². The molecule has 2 N–H and O–H groups in total. The molecule has 1 unspecified atom stereocenters. The first-order chi connectivity index (χ1) is 10.2. The Kier molecular flexibility index (Phi) is 3.85. The van der Waals surface area contributed by atoms with Crippen LogP contribution in [0.1, 0.15) is 31.4 Å². The Morgan fingerprint density at radius 2 is 1.81 bits per heavy atom. The number of hydrogen-bond acceptors (Lipinski definition) is 6. The molecule has 1 atom stereocenters. The van der Waals surface area contributed by atoms with Crippen molar-refractivity contribution in [2.24, 2.45) is 0 Å². The molecule has 21 heavy (non-hydrogen) atoms. The molecular weight excluding hydrogens is 266 g/mol. The lowest BCUT2D eigenvalue weighted by atomic mass is 10.1. The zero-order chi connectivity index (χ0) is 14.7. The molecule has 0 aliphatic carbocycles. The number of nitrogens with zero attached hydrogens (tertiary/aromatic N) is 4. The maximum absolute atomic E-state index is 5.81. The van der Waals surface area contributed by atoms with Crippen LogP contribution in [0.25, 0.3) is 0 Å². The summed E-state index contributed by atoms with van der Waals surface area (Å²) in [5.74, 6) is 0.803. The fraction of sp³-hybridized carbons (Fsp3) is 0.400. The van der Waals surface area contributed by atoms with Crippen molar-refractivity contribution in [2.75, 3.05) is 23.7 Å². The lowest BCUT2D eigenvalue weighted by Gasteiger charge is -2.17. The Bertz CT molecular complexity index is 598. The fourth-order valence-corrected chi connectivity index (χ4v) is 2.42. The van der Waals surface area contributed by atoms with E-state index in [9.17, 15) is 0 Å².